The molecule has 6 heteroatoms. The summed E-state index contributed by atoms with van der Waals surface area (Å²) in [6.07, 6.45) is 3.83. The summed E-state index contributed by atoms with van der Waals surface area (Å²) in [6.45, 7) is 9.77. The van der Waals surface area contributed by atoms with E-state index in [1.807, 2.05) is 39.8 Å². The molecule has 1 amide bonds. The lowest BCUT2D eigenvalue weighted by molar-refractivity contribution is -0.147. The minimum atomic E-state index is -0.560. The van der Waals surface area contributed by atoms with E-state index in [-0.39, 0.29) is 12.5 Å². The minimum absolute atomic E-state index is 0.201. The lowest BCUT2D eigenvalue weighted by atomic mass is 10.2. The van der Waals surface area contributed by atoms with Gasteiger partial charge in [0.1, 0.15) is 0 Å². The van der Waals surface area contributed by atoms with Crippen molar-refractivity contribution in [3.05, 3.63) is 29.8 Å². The highest BCUT2D eigenvalue weighted by molar-refractivity contribution is 5.89. The second-order valence-electron chi connectivity index (χ2n) is 5.49. The molecule has 1 rings (SSSR count). The summed E-state index contributed by atoms with van der Waals surface area (Å²) >= 11 is 0. The molecule has 0 heterocycles. The highest BCUT2D eigenvalue weighted by Crippen LogP contribution is 2.29. The monoisotopic (exact) mass is 363 g/mol. The molecule has 0 atom stereocenters. The number of esters is 1. The Kier molecular flexibility index (Phi) is 9.90. The van der Waals surface area contributed by atoms with E-state index in [0.29, 0.717) is 37.8 Å². The Morgan fingerprint density at radius 2 is 1.77 bits per heavy atom. The van der Waals surface area contributed by atoms with Gasteiger partial charge in [0.15, 0.2) is 18.1 Å². The van der Waals surface area contributed by atoms with Crippen LogP contribution in [0.5, 0.6) is 11.5 Å². The zero-order chi connectivity index (χ0) is 19.4. The summed E-state index contributed by atoms with van der Waals surface area (Å²) in [5, 5.41) is 0. The molecule has 1 aromatic carbocycles. The van der Waals surface area contributed by atoms with Crippen LogP contribution in [0.4, 0.5) is 0 Å². The number of ether oxygens (including phenoxy) is 3. The summed E-state index contributed by atoms with van der Waals surface area (Å²) in [5.41, 5.74) is 0.782. The molecular formula is C20H29NO5. The van der Waals surface area contributed by atoms with Crippen molar-refractivity contribution in [2.24, 2.45) is 0 Å². The number of carbonyl (C=O) groups is 2. The van der Waals surface area contributed by atoms with Gasteiger partial charge in [0.25, 0.3) is 5.91 Å². The summed E-state index contributed by atoms with van der Waals surface area (Å²) in [7, 11) is 0. The van der Waals surface area contributed by atoms with Crippen LogP contribution in [0.1, 0.15) is 39.7 Å². The topological polar surface area (TPSA) is 65.1 Å². The lowest BCUT2D eigenvalue weighted by Crippen LogP contribution is -2.34. The summed E-state index contributed by atoms with van der Waals surface area (Å²) in [6, 6.07) is 5.45. The first-order valence-electron chi connectivity index (χ1n) is 9.07. The molecule has 144 valence electrons. The SMILES string of the molecule is CCCOc1ccc(/C=C/C(=O)OCC(=O)N(CC)CC)cc1OCC. The van der Waals surface area contributed by atoms with Crippen molar-refractivity contribution >= 4 is 18.0 Å². The van der Waals surface area contributed by atoms with Crippen molar-refractivity contribution in [3.63, 3.8) is 0 Å². The first kappa shape index (κ1) is 21.5. The van der Waals surface area contributed by atoms with E-state index in [1.54, 1.807) is 17.0 Å². The number of hydrogen-bond acceptors (Lipinski definition) is 5. The quantitative estimate of drug-likeness (QED) is 0.446. The fourth-order valence-electron chi connectivity index (χ4n) is 2.24. The number of rotatable bonds is 11. The predicted molar refractivity (Wildman–Crippen MR) is 101 cm³/mol. The Hall–Kier alpha value is -2.50. The smallest absolute Gasteiger partial charge is 0.331 e. The third-order valence-corrected chi connectivity index (χ3v) is 3.60. The van der Waals surface area contributed by atoms with E-state index in [2.05, 4.69) is 0 Å². The van der Waals surface area contributed by atoms with Crippen molar-refractivity contribution in [3.8, 4) is 11.5 Å². The van der Waals surface area contributed by atoms with E-state index < -0.39 is 5.97 Å². The maximum Gasteiger partial charge on any atom is 0.331 e. The molecule has 0 fully saturated rings. The molecule has 0 aliphatic rings. The van der Waals surface area contributed by atoms with Crippen LogP contribution in [0.2, 0.25) is 0 Å². The van der Waals surface area contributed by atoms with Crippen molar-refractivity contribution in [1.82, 2.24) is 4.90 Å². The first-order valence-corrected chi connectivity index (χ1v) is 9.07. The van der Waals surface area contributed by atoms with Gasteiger partial charge >= 0.3 is 5.97 Å². The third kappa shape index (κ3) is 7.17. The Bertz CT molecular complexity index is 608. The van der Waals surface area contributed by atoms with Crippen molar-refractivity contribution in [2.45, 2.75) is 34.1 Å². The maximum atomic E-state index is 11.8. The van der Waals surface area contributed by atoms with Gasteiger partial charge in [-0.2, -0.15) is 0 Å². The largest absolute Gasteiger partial charge is 0.490 e. The van der Waals surface area contributed by atoms with Crippen LogP contribution in [-0.2, 0) is 14.3 Å². The average Bonchev–Trinajstić information content (AvgIpc) is 2.65. The van der Waals surface area contributed by atoms with Crippen molar-refractivity contribution in [2.75, 3.05) is 32.9 Å². The van der Waals surface area contributed by atoms with Crippen LogP contribution in [-0.4, -0.2) is 49.7 Å². The first-order chi connectivity index (χ1) is 12.5. The summed E-state index contributed by atoms with van der Waals surface area (Å²) in [4.78, 5) is 25.2. The molecule has 0 unspecified atom stereocenters. The molecule has 0 spiro atoms. The molecule has 0 aliphatic heterocycles. The molecule has 0 N–H and O–H groups in total. The summed E-state index contributed by atoms with van der Waals surface area (Å²) < 4.78 is 16.2. The van der Waals surface area contributed by atoms with Crippen molar-refractivity contribution in [1.29, 1.82) is 0 Å². The summed E-state index contributed by atoms with van der Waals surface area (Å²) in [5.74, 6) is 0.550. The number of nitrogens with zero attached hydrogens (tertiary/aromatic N) is 1. The molecule has 0 bridgehead atoms. The van der Waals surface area contributed by atoms with Crippen LogP contribution >= 0.6 is 0 Å². The zero-order valence-electron chi connectivity index (χ0n) is 16.1. The van der Waals surface area contributed by atoms with Crippen LogP contribution in [0, 0.1) is 0 Å². The molecular weight excluding hydrogens is 334 g/mol. The molecule has 1 aromatic rings. The van der Waals surface area contributed by atoms with Crippen LogP contribution in [0.15, 0.2) is 24.3 Å². The van der Waals surface area contributed by atoms with E-state index in [9.17, 15) is 9.59 Å². The van der Waals surface area contributed by atoms with Gasteiger partial charge in [-0.05, 0) is 51.0 Å². The predicted octanol–water partition coefficient (Wildman–Crippen LogP) is 3.30. The zero-order valence-corrected chi connectivity index (χ0v) is 16.1. The third-order valence-electron chi connectivity index (χ3n) is 3.60. The number of amides is 1. The fraction of sp³-hybridized carbons (Fsp3) is 0.500. The molecule has 0 aliphatic carbocycles. The van der Waals surface area contributed by atoms with E-state index in [4.69, 9.17) is 14.2 Å². The van der Waals surface area contributed by atoms with Gasteiger partial charge in [-0.25, -0.2) is 4.79 Å². The Morgan fingerprint density at radius 1 is 1.04 bits per heavy atom. The Balaban J connectivity index is 2.67. The fourth-order valence-corrected chi connectivity index (χ4v) is 2.24. The molecule has 26 heavy (non-hydrogen) atoms. The van der Waals surface area contributed by atoms with Gasteiger partial charge in [-0.1, -0.05) is 13.0 Å². The Morgan fingerprint density at radius 3 is 2.38 bits per heavy atom. The average molecular weight is 363 g/mol. The van der Waals surface area contributed by atoms with Crippen LogP contribution in [0.3, 0.4) is 0 Å². The number of benzene rings is 1. The number of hydrogen-bond donors (Lipinski definition) is 0. The molecule has 0 aromatic heterocycles. The molecule has 6 nitrogen and oxygen atoms in total. The molecule has 0 saturated heterocycles. The normalized spacial score (nSPS) is 10.6. The highest BCUT2D eigenvalue weighted by atomic mass is 16.5. The molecule has 0 radical (unpaired) electrons. The second kappa shape index (κ2) is 12.0. The molecule has 0 saturated carbocycles. The minimum Gasteiger partial charge on any atom is -0.490 e. The second-order valence-corrected chi connectivity index (χ2v) is 5.49. The van der Waals surface area contributed by atoms with Crippen LogP contribution in [0.25, 0.3) is 6.08 Å². The van der Waals surface area contributed by atoms with Gasteiger partial charge in [-0.15, -0.1) is 0 Å². The van der Waals surface area contributed by atoms with E-state index >= 15 is 0 Å². The number of carbonyl (C=O) groups excluding carboxylic acids is 2. The van der Waals surface area contributed by atoms with Gasteiger partial charge in [0, 0.05) is 19.2 Å². The standard InChI is InChI=1S/C20H29NO5/c1-5-13-25-17-11-9-16(14-18(17)24-8-4)10-12-20(23)26-15-19(22)21(6-2)7-3/h9-12,14H,5-8,13,15H2,1-4H3/b12-10+. The van der Waals surface area contributed by atoms with Gasteiger partial charge in [-0.3, -0.25) is 4.79 Å². The van der Waals surface area contributed by atoms with Gasteiger partial charge in [0.2, 0.25) is 0 Å². The van der Waals surface area contributed by atoms with Crippen molar-refractivity contribution < 1.29 is 23.8 Å². The maximum absolute atomic E-state index is 11.8. The number of likely N-dealkylation sites (N-methyl/N-ethyl adjacent to an activating group) is 1. The Labute approximate surface area is 155 Å². The highest BCUT2D eigenvalue weighted by Gasteiger charge is 2.11. The van der Waals surface area contributed by atoms with Gasteiger partial charge < -0.3 is 19.1 Å². The lowest BCUT2D eigenvalue weighted by Gasteiger charge is -2.17. The van der Waals surface area contributed by atoms with Crippen LogP contribution < -0.4 is 9.47 Å². The van der Waals surface area contributed by atoms with E-state index in [1.165, 1.54) is 6.08 Å². The van der Waals surface area contributed by atoms with E-state index in [0.717, 1.165) is 12.0 Å². The van der Waals surface area contributed by atoms with Gasteiger partial charge in [0.05, 0.1) is 13.2 Å².